The third-order valence-electron chi connectivity index (χ3n) is 7.12. The molecule has 2 N–H and O–H groups in total. The minimum absolute atomic E-state index is 0.0859. The van der Waals surface area contributed by atoms with Crippen molar-refractivity contribution >= 4 is 11.9 Å². The van der Waals surface area contributed by atoms with Gasteiger partial charge in [-0.3, -0.25) is 9.69 Å². The van der Waals surface area contributed by atoms with Crippen LogP contribution < -0.4 is 10.5 Å². The fourth-order valence-corrected chi connectivity index (χ4v) is 5.43. The number of rotatable bonds is 2. The lowest BCUT2D eigenvalue weighted by atomic mass is 9.74. The molecular weight excluding hydrogens is 402 g/mol. The topological polar surface area (TPSA) is 77.2 Å². The smallest absolute Gasteiger partial charge is 0.261 e. The molecular formula is C26H31N3O3. The number of carbonyl (C=O) groups is 1. The molecule has 6 heteroatoms. The minimum atomic E-state index is -1.04. The lowest BCUT2D eigenvalue weighted by Gasteiger charge is -2.44. The number of aryl methyl sites for hydroxylation is 1. The third kappa shape index (κ3) is 3.37. The lowest BCUT2D eigenvalue weighted by molar-refractivity contribution is -0.134. The van der Waals surface area contributed by atoms with Gasteiger partial charge >= 0.3 is 0 Å². The maximum Gasteiger partial charge on any atom is 0.261 e. The van der Waals surface area contributed by atoms with Gasteiger partial charge in [-0.25, -0.2) is 4.99 Å². The van der Waals surface area contributed by atoms with Gasteiger partial charge in [-0.1, -0.05) is 35.9 Å². The first-order valence-electron chi connectivity index (χ1n) is 11.3. The average molecular weight is 434 g/mol. The largest absolute Gasteiger partial charge is 0.490 e. The Balaban J connectivity index is 1.60. The number of benzene rings is 2. The molecule has 3 aliphatic rings. The highest BCUT2D eigenvalue weighted by Gasteiger charge is 2.55. The van der Waals surface area contributed by atoms with E-state index in [1.807, 2.05) is 12.1 Å². The molecule has 0 saturated carbocycles. The Bertz CT molecular complexity index is 1110. The number of amides is 1. The normalized spacial score (nSPS) is 28.9. The zero-order valence-corrected chi connectivity index (χ0v) is 19.2. The van der Waals surface area contributed by atoms with Gasteiger partial charge in [0.2, 0.25) is 0 Å². The standard InChI is InChI=1S/C26H31N3O3/c1-16-6-5-7-17(12-16)18-8-9-21-20(13-18)26(23(30)29(4)24(27)28-26)15-22(32-21)19-10-11-31-25(2,3)14-19/h5-9,12-13,19,22H,10-11,14-15H2,1-4H3,(H2,27,28). The van der Waals surface area contributed by atoms with E-state index in [1.54, 1.807) is 7.05 Å². The van der Waals surface area contributed by atoms with Crippen LogP contribution in [0.4, 0.5) is 0 Å². The first-order valence-corrected chi connectivity index (χ1v) is 11.3. The average Bonchev–Trinajstić information content (AvgIpc) is 2.97. The maximum atomic E-state index is 13.6. The molecule has 3 unspecified atom stereocenters. The van der Waals surface area contributed by atoms with Gasteiger partial charge in [-0.2, -0.15) is 0 Å². The van der Waals surface area contributed by atoms with Gasteiger partial charge in [-0.05, 0) is 56.9 Å². The van der Waals surface area contributed by atoms with E-state index in [0.29, 0.717) is 13.0 Å². The van der Waals surface area contributed by atoms with Gasteiger partial charge in [0, 0.05) is 31.6 Å². The number of nitrogens with zero attached hydrogens (tertiary/aromatic N) is 2. The lowest BCUT2D eigenvalue weighted by Crippen LogP contribution is -2.49. The fraction of sp³-hybridized carbons (Fsp3) is 0.462. The molecule has 32 heavy (non-hydrogen) atoms. The Hall–Kier alpha value is -2.86. The van der Waals surface area contributed by atoms with Gasteiger partial charge < -0.3 is 15.2 Å². The van der Waals surface area contributed by atoms with Gasteiger partial charge in [0.15, 0.2) is 11.5 Å². The summed E-state index contributed by atoms with van der Waals surface area (Å²) >= 11 is 0. The summed E-state index contributed by atoms with van der Waals surface area (Å²) < 4.78 is 12.5. The second-order valence-electron chi connectivity index (χ2n) is 10.00. The summed E-state index contributed by atoms with van der Waals surface area (Å²) in [5, 5.41) is 0. The number of carbonyl (C=O) groups excluding carboxylic acids is 1. The minimum Gasteiger partial charge on any atom is -0.490 e. The van der Waals surface area contributed by atoms with Crippen molar-refractivity contribution in [2.24, 2.45) is 16.6 Å². The van der Waals surface area contributed by atoms with E-state index >= 15 is 0 Å². The highest BCUT2D eigenvalue weighted by atomic mass is 16.5. The molecule has 0 radical (unpaired) electrons. The molecule has 2 aromatic carbocycles. The van der Waals surface area contributed by atoms with E-state index in [-0.39, 0.29) is 29.5 Å². The maximum absolute atomic E-state index is 13.6. The van der Waals surface area contributed by atoms with Gasteiger partial charge in [0.05, 0.1) is 5.60 Å². The van der Waals surface area contributed by atoms with Crippen LogP contribution in [0, 0.1) is 12.8 Å². The van der Waals surface area contributed by atoms with Crippen LogP contribution in [0.2, 0.25) is 0 Å². The van der Waals surface area contributed by atoms with E-state index in [9.17, 15) is 4.79 Å². The zero-order valence-electron chi connectivity index (χ0n) is 19.2. The molecule has 3 aliphatic heterocycles. The Labute approximate surface area is 189 Å². The molecule has 168 valence electrons. The number of hydrogen-bond donors (Lipinski definition) is 1. The Kier molecular flexibility index (Phi) is 4.82. The Morgan fingerprint density at radius 3 is 2.59 bits per heavy atom. The van der Waals surface area contributed by atoms with Gasteiger partial charge in [0.25, 0.3) is 5.91 Å². The third-order valence-corrected chi connectivity index (χ3v) is 7.12. The molecule has 0 aromatic heterocycles. The molecule has 3 atom stereocenters. The van der Waals surface area contributed by atoms with E-state index in [2.05, 4.69) is 51.1 Å². The van der Waals surface area contributed by atoms with Crippen LogP contribution in [0.5, 0.6) is 5.75 Å². The molecule has 3 heterocycles. The highest BCUT2D eigenvalue weighted by molar-refractivity contribution is 6.07. The van der Waals surface area contributed by atoms with E-state index < -0.39 is 5.54 Å². The molecule has 2 aromatic rings. The molecule has 0 aliphatic carbocycles. The molecule has 1 fully saturated rings. The SMILES string of the molecule is Cc1cccc(-c2ccc3c(c2)C2(CC(C4CCOC(C)(C)C4)O3)N=C(N)N(C)C2=O)c1. The number of likely N-dealkylation sites (N-methyl/N-ethyl adjacent to an activating group) is 1. The van der Waals surface area contributed by atoms with Crippen molar-refractivity contribution < 1.29 is 14.3 Å². The van der Waals surface area contributed by atoms with Crippen LogP contribution in [0.1, 0.15) is 44.2 Å². The van der Waals surface area contributed by atoms with Crippen molar-refractivity contribution in [2.75, 3.05) is 13.7 Å². The van der Waals surface area contributed by atoms with Gasteiger partial charge in [-0.15, -0.1) is 0 Å². The molecule has 1 saturated heterocycles. The van der Waals surface area contributed by atoms with Crippen molar-refractivity contribution in [3.63, 3.8) is 0 Å². The van der Waals surface area contributed by atoms with Crippen molar-refractivity contribution in [1.29, 1.82) is 0 Å². The quantitative estimate of drug-likeness (QED) is 0.777. The van der Waals surface area contributed by atoms with Crippen LogP contribution in [-0.4, -0.2) is 42.1 Å². The molecule has 1 spiro atoms. The molecule has 1 amide bonds. The number of hydrogen-bond acceptors (Lipinski definition) is 5. The number of nitrogens with two attached hydrogens (primary N) is 1. The number of guanidine groups is 1. The second kappa shape index (κ2) is 7.34. The van der Waals surface area contributed by atoms with E-state index in [1.165, 1.54) is 10.5 Å². The first-order chi connectivity index (χ1) is 15.2. The van der Waals surface area contributed by atoms with E-state index in [0.717, 1.165) is 35.3 Å². The summed E-state index contributed by atoms with van der Waals surface area (Å²) in [4.78, 5) is 19.8. The fourth-order valence-electron chi connectivity index (χ4n) is 5.43. The summed E-state index contributed by atoms with van der Waals surface area (Å²) in [5.41, 5.74) is 9.05. The predicted octanol–water partition coefficient (Wildman–Crippen LogP) is 4.00. The van der Waals surface area contributed by atoms with Crippen molar-refractivity contribution in [3.8, 4) is 16.9 Å². The predicted molar refractivity (Wildman–Crippen MR) is 124 cm³/mol. The number of aliphatic imine (C=N–C) groups is 1. The molecule has 0 bridgehead atoms. The zero-order chi connectivity index (χ0) is 22.7. The summed E-state index contributed by atoms with van der Waals surface area (Å²) in [6.45, 7) is 7.00. The van der Waals surface area contributed by atoms with E-state index in [4.69, 9.17) is 20.2 Å². The Morgan fingerprint density at radius 1 is 1.12 bits per heavy atom. The van der Waals surface area contributed by atoms with Crippen LogP contribution in [-0.2, 0) is 15.1 Å². The monoisotopic (exact) mass is 433 g/mol. The molecule has 6 nitrogen and oxygen atoms in total. The van der Waals surface area contributed by atoms with Gasteiger partial charge in [0.1, 0.15) is 11.9 Å². The summed E-state index contributed by atoms with van der Waals surface area (Å²) in [6.07, 6.45) is 2.15. The number of ether oxygens (including phenoxy) is 2. The Morgan fingerprint density at radius 2 is 1.91 bits per heavy atom. The van der Waals surface area contributed by atoms with Crippen LogP contribution in [0.3, 0.4) is 0 Å². The highest BCUT2D eigenvalue weighted by Crippen LogP contribution is 2.49. The van der Waals surface area contributed by atoms with Crippen molar-refractivity contribution in [3.05, 3.63) is 53.6 Å². The number of fused-ring (bicyclic) bond motifs is 2. The summed E-state index contributed by atoms with van der Waals surface area (Å²) in [6, 6.07) is 14.5. The molecule has 5 rings (SSSR count). The summed E-state index contributed by atoms with van der Waals surface area (Å²) in [7, 11) is 1.70. The van der Waals surface area contributed by atoms with Crippen LogP contribution >= 0.6 is 0 Å². The van der Waals surface area contributed by atoms with Crippen molar-refractivity contribution in [2.45, 2.75) is 57.3 Å². The first kappa shape index (κ1) is 21.0. The second-order valence-corrected chi connectivity index (χ2v) is 10.00. The van der Waals surface area contributed by atoms with Crippen LogP contribution in [0.25, 0.3) is 11.1 Å². The van der Waals surface area contributed by atoms with Crippen molar-refractivity contribution in [1.82, 2.24) is 4.90 Å². The van der Waals surface area contributed by atoms with Crippen LogP contribution in [0.15, 0.2) is 47.5 Å². The summed E-state index contributed by atoms with van der Waals surface area (Å²) in [5.74, 6) is 1.18.